The Kier molecular flexibility index (Phi) is 13.6. The third-order valence-electron chi connectivity index (χ3n) is 3.92. The van der Waals surface area contributed by atoms with E-state index >= 15 is 0 Å². The van der Waals surface area contributed by atoms with Gasteiger partial charge in [-0.2, -0.15) is 0 Å². The molecule has 28 heavy (non-hydrogen) atoms. The molecule has 155 valence electrons. The van der Waals surface area contributed by atoms with E-state index in [1.165, 1.54) is 18.2 Å². The first-order valence-electron chi connectivity index (χ1n) is 9.18. The van der Waals surface area contributed by atoms with E-state index in [9.17, 15) is 35.1 Å². The second-order valence-corrected chi connectivity index (χ2v) is 6.12. The lowest BCUT2D eigenvalue weighted by molar-refractivity contribution is -0.450. The molecule has 0 fully saturated rings. The molecule has 0 saturated heterocycles. The second-order valence-electron chi connectivity index (χ2n) is 6.12. The second kappa shape index (κ2) is 15.2. The fourth-order valence-corrected chi connectivity index (χ4v) is 2.37. The van der Waals surface area contributed by atoms with Crippen LogP contribution in [0.3, 0.4) is 0 Å². The Labute approximate surface area is 163 Å². The van der Waals surface area contributed by atoms with Gasteiger partial charge in [0.05, 0.1) is 14.8 Å². The molecule has 0 aliphatic heterocycles. The summed E-state index contributed by atoms with van der Waals surface area (Å²) in [5.74, 6) is 0. The van der Waals surface area contributed by atoms with Crippen molar-refractivity contribution in [3.8, 4) is 0 Å². The Morgan fingerprint density at radius 1 is 0.821 bits per heavy atom. The molecule has 0 aromatic carbocycles. The third-order valence-corrected chi connectivity index (χ3v) is 3.92. The summed E-state index contributed by atoms with van der Waals surface area (Å²) in [5, 5.41) is 33.3. The van der Waals surface area contributed by atoms with Gasteiger partial charge in [0.1, 0.15) is 6.42 Å². The number of hydrogen-bond acceptors (Lipinski definition) is 7. The lowest BCUT2D eigenvalue weighted by atomic mass is 10.1. The first-order chi connectivity index (χ1) is 13.3. The zero-order chi connectivity index (χ0) is 21.4. The van der Waals surface area contributed by atoms with Crippen molar-refractivity contribution in [1.29, 1.82) is 0 Å². The van der Waals surface area contributed by atoms with Gasteiger partial charge in [0.25, 0.3) is 11.4 Å². The lowest BCUT2D eigenvalue weighted by Crippen LogP contribution is -2.06. The highest BCUT2D eigenvalue weighted by Gasteiger charge is 2.21. The molecule has 0 atom stereocenters. The van der Waals surface area contributed by atoms with Crippen molar-refractivity contribution < 1.29 is 19.6 Å². The summed E-state index contributed by atoms with van der Waals surface area (Å²) in [4.78, 5) is 41.6. The van der Waals surface area contributed by atoms with Crippen molar-refractivity contribution in [3.05, 3.63) is 65.7 Å². The molecule has 0 heterocycles. The molecule has 0 aliphatic carbocycles. The van der Waals surface area contributed by atoms with E-state index in [1.807, 2.05) is 6.92 Å². The zero-order valence-corrected chi connectivity index (χ0v) is 16.0. The van der Waals surface area contributed by atoms with E-state index in [0.29, 0.717) is 25.7 Å². The van der Waals surface area contributed by atoms with Gasteiger partial charge in [-0.05, 0) is 50.3 Å². The van der Waals surface area contributed by atoms with Gasteiger partial charge in [-0.3, -0.25) is 35.1 Å². The Bertz CT molecular complexity index is 639. The summed E-state index contributed by atoms with van der Waals surface area (Å²) in [6.45, 7) is 1.98. The highest BCUT2D eigenvalue weighted by atomic mass is 16.6. The summed E-state index contributed by atoms with van der Waals surface area (Å²) in [6, 6.07) is 0. The highest BCUT2D eigenvalue weighted by molar-refractivity contribution is 5.50. The normalized spacial score (nSPS) is 12.7. The van der Waals surface area contributed by atoms with Crippen molar-refractivity contribution in [2.75, 3.05) is 0 Å². The predicted octanol–water partition coefficient (Wildman–Crippen LogP) is 4.50. The van der Waals surface area contributed by atoms with Crippen molar-refractivity contribution in [3.63, 3.8) is 0 Å². The average molecular weight is 396 g/mol. The molecule has 0 N–H and O–H groups in total. The van der Waals surface area contributed by atoms with Crippen molar-refractivity contribution >= 4 is 6.29 Å². The molecule has 0 aliphatic rings. The van der Waals surface area contributed by atoms with Crippen LogP contribution in [0.25, 0.3) is 0 Å². The van der Waals surface area contributed by atoms with Crippen LogP contribution in [-0.4, -0.2) is 21.1 Å². The number of hydrogen-bond donors (Lipinski definition) is 0. The smallest absolute Gasteiger partial charge is 0.253 e. The molecule has 10 nitrogen and oxygen atoms in total. The minimum Gasteiger partial charge on any atom is -0.291 e. The standard InChI is InChI=1S/C18H26N3O7/c1-2-3-6-10-16(19(23)24)12-9-13-18(21(27)28)15-17(20(25)26)11-7-4-5-8-14-22/h11-13H,2-10,15H2,1H3/b16-12+,17-11+,18-13+. The van der Waals surface area contributed by atoms with Crippen LogP contribution in [0.15, 0.2) is 35.3 Å². The first-order valence-corrected chi connectivity index (χ1v) is 9.18. The monoisotopic (exact) mass is 396 g/mol. The van der Waals surface area contributed by atoms with E-state index < -0.39 is 21.2 Å². The number of unbranched alkanes of at least 4 members (excludes halogenated alkanes) is 5. The Morgan fingerprint density at radius 3 is 1.93 bits per heavy atom. The fraction of sp³-hybridized carbons (Fsp3) is 0.611. The summed E-state index contributed by atoms with van der Waals surface area (Å²) < 4.78 is 0. The van der Waals surface area contributed by atoms with E-state index in [0.717, 1.165) is 12.8 Å². The van der Waals surface area contributed by atoms with Gasteiger partial charge in [-0.1, -0.05) is 19.8 Å². The molecular weight excluding hydrogens is 370 g/mol. The summed E-state index contributed by atoms with van der Waals surface area (Å²) in [5.41, 5.74) is -0.694. The SMILES string of the molecule is CCCCC/C(=C\C/C=C(\C/C(=C\CCCC[C]=O)[N+](=O)[O-])[N+](=O)[O-])[N+](=O)[O-]. The Morgan fingerprint density at radius 2 is 1.39 bits per heavy atom. The quantitative estimate of drug-likeness (QED) is 0.212. The maximum atomic E-state index is 11.2. The van der Waals surface area contributed by atoms with Gasteiger partial charge >= 0.3 is 0 Å². The van der Waals surface area contributed by atoms with Crippen LogP contribution in [0.4, 0.5) is 0 Å². The minimum atomic E-state index is -0.713. The summed E-state index contributed by atoms with van der Waals surface area (Å²) in [7, 11) is 0. The van der Waals surface area contributed by atoms with Gasteiger partial charge in [0.15, 0.2) is 6.29 Å². The van der Waals surface area contributed by atoms with Gasteiger partial charge in [-0.15, -0.1) is 0 Å². The van der Waals surface area contributed by atoms with Crippen LogP contribution >= 0.6 is 0 Å². The van der Waals surface area contributed by atoms with Crippen molar-refractivity contribution in [2.24, 2.45) is 0 Å². The van der Waals surface area contributed by atoms with Crippen LogP contribution in [-0.2, 0) is 4.79 Å². The molecule has 0 spiro atoms. The van der Waals surface area contributed by atoms with Crippen LogP contribution in [0, 0.1) is 30.3 Å². The molecule has 1 radical (unpaired) electrons. The Hall–Kier alpha value is -2.91. The molecule has 0 amide bonds. The zero-order valence-electron chi connectivity index (χ0n) is 16.0. The largest absolute Gasteiger partial charge is 0.291 e. The molecule has 0 bridgehead atoms. The first kappa shape index (κ1) is 25.1. The number of allylic oxidation sites excluding steroid dienone is 4. The molecule has 0 unspecified atom stereocenters. The van der Waals surface area contributed by atoms with Crippen LogP contribution in [0.2, 0.25) is 0 Å². The maximum Gasteiger partial charge on any atom is 0.253 e. The highest BCUT2D eigenvalue weighted by Crippen LogP contribution is 2.17. The topological polar surface area (TPSA) is 146 Å². The summed E-state index contributed by atoms with van der Waals surface area (Å²) in [6.07, 6.45) is 9.34. The maximum absolute atomic E-state index is 11.2. The van der Waals surface area contributed by atoms with Gasteiger partial charge in [0, 0.05) is 12.8 Å². The number of carbonyl (C=O) groups excluding carboxylic acids is 1. The van der Waals surface area contributed by atoms with Crippen LogP contribution in [0.1, 0.15) is 71.1 Å². The van der Waals surface area contributed by atoms with Crippen molar-refractivity contribution in [2.45, 2.75) is 71.1 Å². The lowest BCUT2D eigenvalue weighted by Gasteiger charge is -2.00. The molecule has 0 rings (SSSR count). The van der Waals surface area contributed by atoms with Crippen molar-refractivity contribution in [1.82, 2.24) is 0 Å². The Balaban J connectivity index is 5.09. The summed E-state index contributed by atoms with van der Waals surface area (Å²) >= 11 is 0. The van der Waals surface area contributed by atoms with Crippen LogP contribution < -0.4 is 0 Å². The molecule has 10 heteroatoms. The average Bonchev–Trinajstić information content (AvgIpc) is 2.63. The predicted molar refractivity (Wildman–Crippen MR) is 103 cm³/mol. The molecular formula is C18H26N3O7. The molecule has 0 saturated carbocycles. The van der Waals surface area contributed by atoms with Crippen LogP contribution in [0.5, 0.6) is 0 Å². The number of rotatable bonds is 16. The van der Waals surface area contributed by atoms with E-state index in [4.69, 9.17) is 0 Å². The van der Waals surface area contributed by atoms with Gasteiger partial charge in [-0.25, -0.2) is 0 Å². The van der Waals surface area contributed by atoms with E-state index in [-0.39, 0.29) is 36.4 Å². The van der Waals surface area contributed by atoms with E-state index in [1.54, 1.807) is 6.29 Å². The van der Waals surface area contributed by atoms with Gasteiger partial charge in [0.2, 0.25) is 5.70 Å². The minimum absolute atomic E-state index is 0.00979. The van der Waals surface area contributed by atoms with Gasteiger partial charge < -0.3 is 0 Å². The molecule has 0 aromatic heterocycles. The molecule has 0 aromatic rings. The number of nitrogens with zero attached hydrogens (tertiary/aromatic N) is 3. The number of nitro groups is 3. The fourth-order valence-electron chi connectivity index (χ4n) is 2.37. The van der Waals surface area contributed by atoms with E-state index in [2.05, 4.69) is 0 Å². The third kappa shape index (κ3) is 11.7.